The third-order valence-corrected chi connectivity index (χ3v) is 4.78. The summed E-state index contributed by atoms with van der Waals surface area (Å²) in [6.07, 6.45) is 1.65. The summed E-state index contributed by atoms with van der Waals surface area (Å²) in [5.41, 5.74) is 2.27. The molecule has 0 radical (unpaired) electrons. The predicted molar refractivity (Wildman–Crippen MR) is 105 cm³/mol. The molecule has 0 saturated heterocycles. The zero-order valence-corrected chi connectivity index (χ0v) is 15.6. The smallest absolute Gasteiger partial charge is 0.234 e. The van der Waals surface area contributed by atoms with Crippen LogP contribution in [0.3, 0.4) is 0 Å². The lowest BCUT2D eigenvalue weighted by Gasteiger charge is -2.08. The van der Waals surface area contributed by atoms with Crippen LogP contribution in [0.1, 0.15) is 11.7 Å². The van der Waals surface area contributed by atoms with E-state index in [1.54, 1.807) is 30.5 Å². The zero-order chi connectivity index (χ0) is 18.5. The minimum Gasteiger partial charge on any atom is -0.325 e. The van der Waals surface area contributed by atoms with E-state index in [2.05, 4.69) is 10.3 Å². The average Bonchev–Trinajstić information content (AvgIpc) is 3.07. The fraction of sp³-hybridized carbons (Fsp3) is 0.105. The van der Waals surface area contributed by atoms with Crippen LogP contribution in [-0.2, 0) is 4.79 Å². The van der Waals surface area contributed by atoms with E-state index in [1.165, 1.54) is 23.3 Å². The Morgan fingerprint density at radius 2 is 1.81 bits per heavy atom. The maximum Gasteiger partial charge on any atom is 0.234 e. The molecule has 0 unspecified atom stereocenters. The van der Waals surface area contributed by atoms with Crippen molar-refractivity contribution in [2.75, 3.05) is 11.1 Å². The van der Waals surface area contributed by atoms with Crippen molar-refractivity contribution in [3.63, 3.8) is 0 Å². The number of aromatic nitrogens is 2. The van der Waals surface area contributed by atoms with Gasteiger partial charge in [0.05, 0.1) is 17.6 Å². The monoisotopic (exact) mass is 385 g/mol. The molecule has 2 aromatic carbocycles. The van der Waals surface area contributed by atoms with Crippen LogP contribution in [0.25, 0.3) is 11.3 Å². The molecule has 132 valence electrons. The normalized spacial score (nSPS) is 10.5. The van der Waals surface area contributed by atoms with Crippen LogP contribution in [-0.4, -0.2) is 27.1 Å². The molecule has 0 aliphatic carbocycles. The standard InChI is InChI=1S/C19H16ClN3O2S/c1-13(24)23-17(14-5-3-2-4-6-14)11-21-19(23)26-12-18(25)22-16-9-7-15(20)8-10-16/h2-11H,12H2,1H3,(H,22,25). The van der Waals surface area contributed by atoms with Gasteiger partial charge in [-0.3, -0.25) is 14.2 Å². The van der Waals surface area contributed by atoms with Crippen molar-refractivity contribution < 1.29 is 9.59 Å². The SMILES string of the molecule is CC(=O)n1c(-c2ccccc2)cnc1SCC(=O)Nc1ccc(Cl)cc1. The second kappa shape index (κ2) is 8.21. The van der Waals surface area contributed by atoms with E-state index in [-0.39, 0.29) is 17.6 Å². The fourth-order valence-electron chi connectivity index (χ4n) is 2.41. The Kier molecular flexibility index (Phi) is 5.75. The van der Waals surface area contributed by atoms with Crippen LogP contribution in [0.2, 0.25) is 5.02 Å². The molecule has 7 heteroatoms. The molecule has 0 aliphatic rings. The number of carbonyl (C=O) groups is 2. The Balaban J connectivity index is 1.72. The van der Waals surface area contributed by atoms with Crippen molar-refractivity contribution in [1.29, 1.82) is 0 Å². The first-order valence-electron chi connectivity index (χ1n) is 7.87. The van der Waals surface area contributed by atoms with E-state index in [1.807, 2.05) is 30.3 Å². The molecular formula is C19H16ClN3O2S. The molecule has 3 rings (SSSR count). The minimum absolute atomic E-state index is 0.140. The van der Waals surface area contributed by atoms with Crippen LogP contribution in [0, 0.1) is 0 Å². The van der Waals surface area contributed by atoms with E-state index in [0.29, 0.717) is 21.6 Å². The van der Waals surface area contributed by atoms with Gasteiger partial charge in [-0.25, -0.2) is 4.98 Å². The molecule has 0 aliphatic heterocycles. The molecule has 3 aromatic rings. The fourth-order valence-corrected chi connectivity index (χ4v) is 3.36. The van der Waals surface area contributed by atoms with Gasteiger partial charge < -0.3 is 5.32 Å². The van der Waals surface area contributed by atoms with E-state index >= 15 is 0 Å². The highest BCUT2D eigenvalue weighted by Gasteiger charge is 2.16. The number of halogens is 1. The number of thioether (sulfide) groups is 1. The number of nitrogens with zero attached hydrogens (tertiary/aromatic N) is 2. The topological polar surface area (TPSA) is 64.0 Å². The first kappa shape index (κ1) is 18.2. The van der Waals surface area contributed by atoms with E-state index in [0.717, 1.165) is 5.56 Å². The highest BCUT2D eigenvalue weighted by atomic mass is 35.5. The second-order valence-electron chi connectivity index (χ2n) is 5.49. The predicted octanol–water partition coefficient (Wildman–Crippen LogP) is 4.59. The number of rotatable bonds is 5. The van der Waals surface area contributed by atoms with Crippen molar-refractivity contribution in [2.24, 2.45) is 0 Å². The Bertz CT molecular complexity index is 924. The van der Waals surface area contributed by atoms with Gasteiger partial charge in [-0.1, -0.05) is 53.7 Å². The van der Waals surface area contributed by atoms with Crippen LogP contribution < -0.4 is 5.32 Å². The second-order valence-corrected chi connectivity index (χ2v) is 6.87. The quantitative estimate of drug-likeness (QED) is 0.652. The molecule has 1 aromatic heterocycles. The third-order valence-electron chi connectivity index (χ3n) is 3.57. The summed E-state index contributed by atoms with van der Waals surface area (Å²) in [6.45, 7) is 1.48. The van der Waals surface area contributed by atoms with Gasteiger partial charge in [0.25, 0.3) is 0 Å². The number of carbonyl (C=O) groups excluding carboxylic acids is 2. The Morgan fingerprint density at radius 1 is 1.12 bits per heavy atom. The third kappa shape index (κ3) is 4.33. The van der Waals surface area contributed by atoms with Gasteiger partial charge in [-0.2, -0.15) is 0 Å². The summed E-state index contributed by atoms with van der Waals surface area (Å²) >= 11 is 7.04. The summed E-state index contributed by atoms with van der Waals surface area (Å²) in [6, 6.07) is 16.4. The zero-order valence-electron chi connectivity index (χ0n) is 14.0. The number of hydrogen-bond donors (Lipinski definition) is 1. The first-order chi connectivity index (χ1) is 12.5. The number of nitrogens with one attached hydrogen (secondary N) is 1. The molecular weight excluding hydrogens is 370 g/mol. The van der Waals surface area contributed by atoms with E-state index in [9.17, 15) is 9.59 Å². The van der Waals surface area contributed by atoms with Crippen molar-refractivity contribution >= 4 is 40.9 Å². The molecule has 0 atom stereocenters. The Morgan fingerprint density at radius 3 is 2.46 bits per heavy atom. The highest BCUT2D eigenvalue weighted by molar-refractivity contribution is 7.99. The lowest BCUT2D eigenvalue weighted by molar-refractivity contribution is -0.113. The number of amides is 1. The molecule has 1 N–H and O–H groups in total. The van der Waals surface area contributed by atoms with Gasteiger partial charge in [0, 0.05) is 23.2 Å². The molecule has 0 spiro atoms. The molecule has 26 heavy (non-hydrogen) atoms. The van der Waals surface area contributed by atoms with Crippen molar-refractivity contribution in [1.82, 2.24) is 9.55 Å². The van der Waals surface area contributed by atoms with Gasteiger partial charge in [-0.15, -0.1) is 0 Å². The minimum atomic E-state index is -0.184. The van der Waals surface area contributed by atoms with Crippen LogP contribution >= 0.6 is 23.4 Å². The van der Waals surface area contributed by atoms with Crippen molar-refractivity contribution in [2.45, 2.75) is 12.1 Å². The lowest BCUT2D eigenvalue weighted by atomic mass is 10.2. The number of benzene rings is 2. The largest absolute Gasteiger partial charge is 0.325 e. The summed E-state index contributed by atoms with van der Waals surface area (Å²) in [5.74, 6) is -0.195. The summed E-state index contributed by atoms with van der Waals surface area (Å²) in [5, 5.41) is 3.88. The lowest BCUT2D eigenvalue weighted by Crippen LogP contribution is -2.15. The Labute approximate surface area is 160 Å². The number of anilines is 1. The molecule has 0 saturated carbocycles. The molecule has 5 nitrogen and oxygen atoms in total. The summed E-state index contributed by atoms with van der Waals surface area (Å²) in [4.78, 5) is 28.5. The van der Waals surface area contributed by atoms with Crippen LogP contribution in [0.4, 0.5) is 5.69 Å². The van der Waals surface area contributed by atoms with E-state index in [4.69, 9.17) is 11.6 Å². The van der Waals surface area contributed by atoms with Gasteiger partial charge in [0.2, 0.25) is 11.8 Å². The van der Waals surface area contributed by atoms with E-state index < -0.39 is 0 Å². The van der Waals surface area contributed by atoms with Gasteiger partial charge in [-0.05, 0) is 24.3 Å². The molecule has 1 heterocycles. The highest BCUT2D eigenvalue weighted by Crippen LogP contribution is 2.26. The van der Waals surface area contributed by atoms with Gasteiger partial charge in [0.15, 0.2) is 5.16 Å². The summed E-state index contributed by atoms with van der Waals surface area (Å²) in [7, 11) is 0. The molecule has 1 amide bonds. The summed E-state index contributed by atoms with van der Waals surface area (Å²) < 4.78 is 1.52. The molecule has 0 bridgehead atoms. The maximum atomic E-state index is 12.1. The maximum absolute atomic E-state index is 12.1. The van der Waals surface area contributed by atoms with Gasteiger partial charge in [0.1, 0.15) is 0 Å². The molecule has 0 fully saturated rings. The number of imidazole rings is 1. The van der Waals surface area contributed by atoms with Gasteiger partial charge >= 0.3 is 0 Å². The van der Waals surface area contributed by atoms with Crippen LogP contribution in [0.15, 0.2) is 66.0 Å². The first-order valence-corrected chi connectivity index (χ1v) is 9.23. The average molecular weight is 386 g/mol. The van der Waals surface area contributed by atoms with Crippen LogP contribution in [0.5, 0.6) is 0 Å². The number of hydrogen-bond acceptors (Lipinski definition) is 4. The van der Waals surface area contributed by atoms with Crippen molar-refractivity contribution in [3.8, 4) is 11.3 Å². The Hall–Kier alpha value is -2.57. The van der Waals surface area contributed by atoms with Crippen molar-refractivity contribution in [3.05, 3.63) is 65.8 Å².